The summed E-state index contributed by atoms with van der Waals surface area (Å²) in [6.07, 6.45) is 1.80. The van der Waals surface area contributed by atoms with Crippen LogP contribution in [0.15, 0.2) is 77.7 Å². The fourth-order valence-corrected chi connectivity index (χ4v) is 7.33. The molecule has 5 nitrogen and oxygen atoms in total. The van der Waals surface area contributed by atoms with Crippen LogP contribution in [0, 0.1) is 12.8 Å². The SMILES string of the molecule is Cc1ccccc1CN1[C@@H](C)[C@H](c2ccccc2)Oc2cccc(N3CCCC(C)C3)c2S1(=O)=O. The number of benzene rings is 3. The van der Waals surface area contributed by atoms with Crippen LogP contribution in [0.2, 0.25) is 0 Å². The highest BCUT2D eigenvalue weighted by Gasteiger charge is 2.43. The standard InChI is InChI=1S/C29H34N2O3S/c1-21-11-10-18-30(19-21)26-16-9-17-27-29(26)35(32,33)31(20-25-15-8-7-12-22(25)2)23(3)28(34-27)24-13-5-4-6-14-24/h4-9,12-17,21,23,28H,10-11,18-20H2,1-3H3/t21?,23-,28+/m0/s1. The topological polar surface area (TPSA) is 49.9 Å². The van der Waals surface area contributed by atoms with Gasteiger partial charge in [-0.15, -0.1) is 0 Å². The van der Waals surface area contributed by atoms with E-state index in [-0.39, 0.29) is 0 Å². The van der Waals surface area contributed by atoms with E-state index in [1.165, 1.54) is 6.42 Å². The zero-order valence-corrected chi connectivity index (χ0v) is 21.5. The maximum absolute atomic E-state index is 14.5. The molecule has 5 rings (SSSR count). The van der Waals surface area contributed by atoms with Gasteiger partial charge in [0.25, 0.3) is 0 Å². The molecule has 1 fully saturated rings. The molecule has 3 aromatic rings. The number of hydrogen-bond donors (Lipinski definition) is 0. The van der Waals surface area contributed by atoms with E-state index in [2.05, 4.69) is 11.8 Å². The second-order valence-corrected chi connectivity index (χ2v) is 11.8. The van der Waals surface area contributed by atoms with Gasteiger partial charge in [-0.3, -0.25) is 0 Å². The van der Waals surface area contributed by atoms with Crippen molar-refractivity contribution in [3.63, 3.8) is 0 Å². The Labute approximate surface area is 209 Å². The van der Waals surface area contributed by atoms with Crippen molar-refractivity contribution < 1.29 is 13.2 Å². The summed E-state index contributed by atoms with van der Waals surface area (Å²) in [7, 11) is -3.86. The van der Waals surface area contributed by atoms with E-state index in [1.54, 1.807) is 4.31 Å². The van der Waals surface area contributed by atoms with Crippen molar-refractivity contribution in [2.24, 2.45) is 5.92 Å². The second-order valence-electron chi connectivity index (χ2n) is 9.96. The molecular weight excluding hydrogens is 456 g/mol. The zero-order valence-electron chi connectivity index (χ0n) is 20.7. The fraction of sp³-hybridized carbons (Fsp3) is 0.379. The molecule has 0 amide bonds. The van der Waals surface area contributed by atoms with E-state index in [4.69, 9.17) is 4.74 Å². The fourth-order valence-electron chi connectivity index (χ4n) is 5.41. The first kappa shape index (κ1) is 23.9. The Morgan fingerprint density at radius 3 is 2.43 bits per heavy atom. The highest BCUT2D eigenvalue weighted by atomic mass is 32.2. The van der Waals surface area contributed by atoms with Gasteiger partial charge in [0.15, 0.2) is 0 Å². The monoisotopic (exact) mass is 490 g/mol. The van der Waals surface area contributed by atoms with Crippen LogP contribution in [0.4, 0.5) is 5.69 Å². The molecule has 35 heavy (non-hydrogen) atoms. The van der Waals surface area contributed by atoms with Crippen LogP contribution in [-0.2, 0) is 16.6 Å². The van der Waals surface area contributed by atoms with Gasteiger partial charge >= 0.3 is 0 Å². The van der Waals surface area contributed by atoms with E-state index in [0.29, 0.717) is 23.1 Å². The molecule has 2 aliphatic heterocycles. The van der Waals surface area contributed by atoms with Crippen LogP contribution in [0.25, 0.3) is 0 Å². The van der Waals surface area contributed by atoms with Crippen molar-refractivity contribution in [1.82, 2.24) is 4.31 Å². The largest absolute Gasteiger partial charge is 0.483 e. The van der Waals surface area contributed by atoms with Gasteiger partial charge in [-0.05, 0) is 61.4 Å². The third-order valence-electron chi connectivity index (χ3n) is 7.38. The van der Waals surface area contributed by atoms with Gasteiger partial charge in [-0.25, -0.2) is 8.42 Å². The number of aryl methyl sites for hydroxylation is 1. The molecule has 0 bridgehead atoms. The minimum Gasteiger partial charge on any atom is -0.483 e. The Balaban J connectivity index is 1.68. The van der Waals surface area contributed by atoms with Gasteiger partial charge in [0.1, 0.15) is 16.7 Å². The lowest BCUT2D eigenvalue weighted by atomic mass is 9.99. The molecule has 184 valence electrons. The molecule has 1 saturated heterocycles. The molecule has 0 aromatic heterocycles. The highest BCUT2D eigenvalue weighted by Crippen LogP contribution is 2.44. The molecule has 0 radical (unpaired) electrons. The van der Waals surface area contributed by atoms with Crippen molar-refractivity contribution >= 4 is 15.7 Å². The van der Waals surface area contributed by atoms with Crippen LogP contribution >= 0.6 is 0 Å². The average molecular weight is 491 g/mol. The molecule has 1 unspecified atom stereocenters. The van der Waals surface area contributed by atoms with Crippen LogP contribution in [0.3, 0.4) is 0 Å². The van der Waals surface area contributed by atoms with Gasteiger partial charge in [0.05, 0.1) is 11.7 Å². The molecule has 2 aliphatic rings. The predicted octanol–water partition coefficient (Wildman–Crippen LogP) is 5.94. The lowest BCUT2D eigenvalue weighted by molar-refractivity contribution is 0.124. The summed E-state index contributed by atoms with van der Waals surface area (Å²) in [6, 6.07) is 23.2. The number of anilines is 1. The molecule has 0 N–H and O–H groups in total. The summed E-state index contributed by atoms with van der Waals surface area (Å²) in [4.78, 5) is 2.53. The summed E-state index contributed by atoms with van der Waals surface area (Å²) in [5.41, 5.74) is 3.80. The van der Waals surface area contributed by atoms with E-state index in [0.717, 1.165) is 41.9 Å². The molecule has 0 saturated carbocycles. The smallest absolute Gasteiger partial charge is 0.249 e. The van der Waals surface area contributed by atoms with Crippen LogP contribution in [0.1, 0.15) is 49.5 Å². The number of fused-ring (bicyclic) bond motifs is 1. The Hall–Kier alpha value is -2.83. The maximum atomic E-state index is 14.5. The second kappa shape index (κ2) is 9.67. The quantitative estimate of drug-likeness (QED) is 0.454. The number of piperidine rings is 1. The van der Waals surface area contributed by atoms with Crippen molar-refractivity contribution in [3.8, 4) is 5.75 Å². The lowest BCUT2D eigenvalue weighted by Crippen LogP contribution is -2.42. The van der Waals surface area contributed by atoms with Crippen LogP contribution in [-0.4, -0.2) is 31.9 Å². The summed E-state index contributed by atoms with van der Waals surface area (Å²) >= 11 is 0. The molecule has 3 atom stereocenters. The van der Waals surface area contributed by atoms with Crippen molar-refractivity contribution in [2.75, 3.05) is 18.0 Å². The minimum atomic E-state index is -3.86. The van der Waals surface area contributed by atoms with Crippen molar-refractivity contribution in [2.45, 2.75) is 57.2 Å². The van der Waals surface area contributed by atoms with Crippen molar-refractivity contribution in [3.05, 3.63) is 89.5 Å². The first-order valence-corrected chi connectivity index (χ1v) is 14.0. The van der Waals surface area contributed by atoms with Gasteiger partial charge in [0, 0.05) is 19.6 Å². The van der Waals surface area contributed by atoms with Gasteiger partial charge in [-0.2, -0.15) is 4.31 Å². The van der Waals surface area contributed by atoms with Gasteiger partial charge in [-0.1, -0.05) is 67.6 Å². The Kier molecular flexibility index (Phi) is 6.60. The summed E-state index contributed by atoms with van der Waals surface area (Å²) in [5, 5.41) is 0. The normalized spacial score (nSPS) is 24.3. The Morgan fingerprint density at radius 2 is 1.69 bits per heavy atom. The first-order valence-electron chi connectivity index (χ1n) is 12.5. The third-order valence-corrected chi connectivity index (χ3v) is 9.39. The number of ether oxygens (including phenoxy) is 1. The number of sulfonamides is 1. The molecule has 0 aliphatic carbocycles. The summed E-state index contributed by atoms with van der Waals surface area (Å²) < 4.78 is 37.2. The molecular formula is C29H34N2O3S. The molecule has 6 heteroatoms. The Bertz CT molecular complexity index is 1290. The minimum absolute atomic E-state index is 0.299. The summed E-state index contributed by atoms with van der Waals surface area (Å²) in [6.45, 7) is 8.23. The third kappa shape index (κ3) is 4.57. The van der Waals surface area contributed by atoms with E-state index < -0.39 is 22.2 Å². The van der Waals surface area contributed by atoms with Crippen LogP contribution in [0.5, 0.6) is 5.75 Å². The zero-order chi connectivity index (χ0) is 24.6. The molecule has 0 spiro atoms. The first-order chi connectivity index (χ1) is 16.9. The van der Waals surface area contributed by atoms with Gasteiger partial charge < -0.3 is 9.64 Å². The van der Waals surface area contributed by atoms with Gasteiger partial charge in [0.2, 0.25) is 10.0 Å². The average Bonchev–Trinajstić information content (AvgIpc) is 2.94. The number of hydrogen-bond acceptors (Lipinski definition) is 4. The number of rotatable bonds is 4. The van der Waals surface area contributed by atoms with Crippen molar-refractivity contribution in [1.29, 1.82) is 0 Å². The molecule has 2 heterocycles. The Morgan fingerprint density at radius 1 is 0.943 bits per heavy atom. The highest BCUT2D eigenvalue weighted by molar-refractivity contribution is 7.89. The maximum Gasteiger partial charge on any atom is 0.249 e. The van der Waals surface area contributed by atoms with E-state index >= 15 is 0 Å². The lowest BCUT2D eigenvalue weighted by Gasteiger charge is -2.35. The van der Waals surface area contributed by atoms with E-state index in [1.807, 2.05) is 86.6 Å². The number of nitrogens with zero attached hydrogens (tertiary/aromatic N) is 2. The predicted molar refractivity (Wildman–Crippen MR) is 140 cm³/mol. The van der Waals surface area contributed by atoms with Crippen LogP contribution < -0.4 is 9.64 Å². The summed E-state index contributed by atoms with van der Waals surface area (Å²) in [5.74, 6) is 0.960. The molecule has 3 aromatic carbocycles. The van der Waals surface area contributed by atoms with E-state index in [9.17, 15) is 8.42 Å².